The number of rotatable bonds is 8. The van der Waals surface area contributed by atoms with Crippen LogP contribution in [0.2, 0.25) is 0 Å². The summed E-state index contributed by atoms with van der Waals surface area (Å²) in [6.45, 7) is 9.40. The lowest BCUT2D eigenvalue weighted by Gasteiger charge is -2.25. The van der Waals surface area contributed by atoms with E-state index >= 15 is 0 Å². The number of nitrogens with one attached hydrogen (secondary N) is 1. The molecule has 1 atom stereocenters. The molecule has 23 heavy (non-hydrogen) atoms. The maximum atomic E-state index is 11.9. The average Bonchev–Trinajstić information content (AvgIpc) is 2.47. The molecule has 1 rings (SSSR count). The number of ether oxygens (including phenoxy) is 1. The Balaban J connectivity index is 0.00000484. The smallest absolute Gasteiger partial charge is 0.237 e. The minimum absolute atomic E-state index is 0. The SMILES string of the molecule is CCCCOc1ccc(CCNC(=O)[C@@H](N)C(C)(C)C)cc1.Cl. The fraction of sp³-hybridized carbons (Fsp3) is 0.611. The summed E-state index contributed by atoms with van der Waals surface area (Å²) in [7, 11) is 0. The lowest BCUT2D eigenvalue weighted by atomic mass is 9.87. The fourth-order valence-corrected chi connectivity index (χ4v) is 1.92. The molecule has 0 heterocycles. The summed E-state index contributed by atoms with van der Waals surface area (Å²) in [5.41, 5.74) is 6.88. The molecule has 0 spiro atoms. The first-order valence-corrected chi connectivity index (χ1v) is 8.09. The predicted octanol–water partition coefficient (Wildman–Crippen LogP) is 3.32. The quantitative estimate of drug-likeness (QED) is 0.712. The van der Waals surface area contributed by atoms with Crippen LogP contribution in [0.15, 0.2) is 24.3 Å². The van der Waals surface area contributed by atoms with E-state index in [0.29, 0.717) is 6.54 Å². The van der Waals surface area contributed by atoms with Gasteiger partial charge in [-0.1, -0.05) is 46.2 Å². The molecule has 0 saturated heterocycles. The molecule has 4 nitrogen and oxygen atoms in total. The van der Waals surface area contributed by atoms with Gasteiger partial charge in [0.1, 0.15) is 5.75 Å². The van der Waals surface area contributed by atoms with Gasteiger partial charge in [0.15, 0.2) is 0 Å². The highest BCUT2D eigenvalue weighted by atomic mass is 35.5. The molecule has 0 bridgehead atoms. The number of carbonyl (C=O) groups is 1. The van der Waals surface area contributed by atoms with Gasteiger partial charge in [-0.2, -0.15) is 0 Å². The third kappa shape index (κ3) is 8.24. The Morgan fingerprint density at radius 3 is 2.39 bits per heavy atom. The van der Waals surface area contributed by atoms with E-state index in [1.54, 1.807) is 0 Å². The summed E-state index contributed by atoms with van der Waals surface area (Å²) in [6.07, 6.45) is 2.99. The van der Waals surface area contributed by atoms with Crippen LogP contribution in [0.4, 0.5) is 0 Å². The Morgan fingerprint density at radius 2 is 1.87 bits per heavy atom. The lowest BCUT2D eigenvalue weighted by Crippen LogP contribution is -2.48. The summed E-state index contributed by atoms with van der Waals surface area (Å²) in [5, 5.41) is 2.90. The van der Waals surface area contributed by atoms with Gasteiger partial charge in [0.05, 0.1) is 12.6 Å². The second-order valence-corrected chi connectivity index (χ2v) is 6.73. The highest BCUT2D eigenvalue weighted by Gasteiger charge is 2.26. The van der Waals surface area contributed by atoms with Crippen LogP contribution in [0.1, 0.15) is 46.1 Å². The number of benzene rings is 1. The predicted molar refractivity (Wildman–Crippen MR) is 98.2 cm³/mol. The number of carbonyl (C=O) groups excluding carboxylic acids is 1. The largest absolute Gasteiger partial charge is 0.494 e. The van der Waals surface area contributed by atoms with Gasteiger partial charge in [0.25, 0.3) is 0 Å². The van der Waals surface area contributed by atoms with E-state index < -0.39 is 6.04 Å². The van der Waals surface area contributed by atoms with Crippen molar-refractivity contribution in [3.63, 3.8) is 0 Å². The number of nitrogens with two attached hydrogens (primary N) is 1. The molecule has 0 aliphatic carbocycles. The summed E-state index contributed by atoms with van der Waals surface area (Å²) >= 11 is 0. The zero-order chi connectivity index (χ0) is 16.6. The van der Waals surface area contributed by atoms with Crippen molar-refractivity contribution in [2.24, 2.45) is 11.1 Å². The Morgan fingerprint density at radius 1 is 1.26 bits per heavy atom. The van der Waals surface area contributed by atoms with E-state index in [-0.39, 0.29) is 23.7 Å². The van der Waals surface area contributed by atoms with Crippen molar-refractivity contribution >= 4 is 18.3 Å². The van der Waals surface area contributed by atoms with E-state index in [4.69, 9.17) is 10.5 Å². The standard InChI is InChI=1S/C18H30N2O2.ClH/c1-5-6-13-22-15-9-7-14(8-10-15)11-12-20-17(21)16(19)18(2,3)4;/h7-10,16H,5-6,11-13,19H2,1-4H3,(H,20,21);1H/t16-;/m1./s1. The molecule has 1 aromatic carbocycles. The van der Waals surface area contributed by atoms with Crippen LogP contribution >= 0.6 is 12.4 Å². The Kier molecular flexibility index (Phi) is 9.93. The molecule has 0 aliphatic heterocycles. The van der Waals surface area contributed by atoms with Crippen LogP contribution in [0.25, 0.3) is 0 Å². The van der Waals surface area contributed by atoms with Crippen LogP contribution in [0, 0.1) is 5.41 Å². The normalized spacial score (nSPS) is 12.2. The van der Waals surface area contributed by atoms with Gasteiger partial charge in [0.2, 0.25) is 5.91 Å². The van der Waals surface area contributed by atoms with Crippen molar-refractivity contribution < 1.29 is 9.53 Å². The number of amides is 1. The lowest BCUT2D eigenvalue weighted by molar-refractivity contribution is -0.124. The molecule has 132 valence electrons. The van der Waals surface area contributed by atoms with Gasteiger partial charge in [-0.05, 0) is 36.0 Å². The molecule has 1 amide bonds. The monoisotopic (exact) mass is 342 g/mol. The first-order chi connectivity index (χ1) is 10.3. The number of halogens is 1. The van der Waals surface area contributed by atoms with Crippen molar-refractivity contribution in [2.75, 3.05) is 13.2 Å². The molecule has 0 aromatic heterocycles. The van der Waals surface area contributed by atoms with Gasteiger partial charge >= 0.3 is 0 Å². The Hall–Kier alpha value is -1.26. The van der Waals surface area contributed by atoms with Crippen LogP contribution in [-0.2, 0) is 11.2 Å². The third-order valence-electron chi connectivity index (χ3n) is 3.62. The maximum absolute atomic E-state index is 11.9. The summed E-state index contributed by atoms with van der Waals surface area (Å²) in [4.78, 5) is 11.9. The minimum atomic E-state index is -0.484. The van der Waals surface area contributed by atoms with Gasteiger partial charge in [-0.15, -0.1) is 12.4 Å². The van der Waals surface area contributed by atoms with Crippen LogP contribution in [0.5, 0.6) is 5.75 Å². The molecule has 3 N–H and O–H groups in total. The second kappa shape index (κ2) is 10.5. The molecule has 0 radical (unpaired) electrons. The Bertz CT molecular complexity index is 455. The highest BCUT2D eigenvalue weighted by molar-refractivity contribution is 5.85. The molecular weight excluding hydrogens is 312 g/mol. The average molecular weight is 343 g/mol. The van der Waals surface area contributed by atoms with Crippen molar-refractivity contribution in [1.29, 1.82) is 0 Å². The molecule has 0 fully saturated rings. The number of hydrogen-bond acceptors (Lipinski definition) is 3. The fourth-order valence-electron chi connectivity index (χ4n) is 1.92. The van der Waals surface area contributed by atoms with E-state index in [9.17, 15) is 4.79 Å². The topological polar surface area (TPSA) is 64.3 Å². The highest BCUT2D eigenvalue weighted by Crippen LogP contribution is 2.17. The minimum Gasteiger partial charge on any atom is -0.494 e. The second-order valence-electron chi connectivity index (χ2n) is 6.73. The van der Waals surface area contributed by atoms with Gasteiger partial charge < -0.3 is 15.8 Å². The summed E-state index contributed by atoms with van der Waals surface area (Å²) < 4.78 is 5.63. The van der Waals surface area contributed by atoms with Gasteiger partial charge in [-0.3, -0.25) is 4.79 Å². The third-order valence-corrected chi connectivity index (χ3v) is 3.62. The van der Waals surface area contributed by atoms with Crippen molar-refractivity contribution in [1.82, 2.24) is 5.32 Å². The van der Waals surface area contributed by atoms with E-state index in [1.165, 1.54) is 5.56 Å². The molecule has 1 aromatic rings. The van der Waals surface area contributed by atoms with Crippen LogP contribution in [0.3, 0.4) is 0 Å². The zero-order valence-corrected chi connectivity index (χ0v) is 15.5. The summed E-state index contributed by atoms with van der Waals surface area (Å²) in [5.74, 6) is 0.808. The molecule has 0 aliphatic rings. The van der Waals surface area contributed by atoms with E-state index in [2.05, 4.69) is 12.2 Å². The first-order valence-electron chi connectivity index (χ1n) is 8.09. The van der Waals surface area contributed by atoms with Crippen LogP contribution < -0.4 is 15.8 Å². The maximum Gasteiger partial charge on any atom is 0.237 e. The van der Waals surface area contributed by atoms with E-state index in [0.717, 1.165) is 31.6 Å². The number of unbranched alkanes of at least 4 members (excludes halogenated alkanes) is 1. The Labute approximate surface area is 146 Å². The summed E-state index contributed by atoms with van der Waals surface area (Å²) in [6, 6.07) is 7.55. The van der Waals surface area contributed by atoms with E-state index in [1.807, 2.05) is 45.0 Å². The molecule has 0 unspecified atom stereocenters. The van der Waals surface area contributed by atoms with Crippen molar-refractivity contribution in [3.05, 3.63) is 29.8 Å². The van der Waals surface area contributed by atoms with Crippen LogP contribution in [-0.4, -0.2) is 25.1 Å². The molecular formula is C18H31ClN2O2. The van der Waals surface area contributed by atoms with Crippen molar-refractivity contribution in [2.45, 2.75) is 53.0 Å². The zero-order valence-electron chi connectivity index (χ0n) is 14.7. The first kappa shape index (κ1) is 21.7. The molecule has 5 heteroatoms. The van der Waals surface area contributed by atoms with Gasteiger partial charge in [-0.25, -0.2) is 0 Å². The van der Waals surface area contributed by atoms with Gasteiger partial charge in [0, 0.05) is 6.54 Å². The number of hydrogen-bond donors (Lipinski definition) is 2. The van der Waals surface area contributed by atoms with Crippen molar-refractivity contribution in [3.8, 4) is 5.75 Å². The molecule has 0 saturated carbocycles.